The minimum absolute atomic E-state index is 0.0129. The summed E-state index contributed by atoms with van der Waals surface area (Å²) in [5, 5.41) is 6.28. The summed E-state index contributed by atoms with van der Waals surface area (Å²) in [7, 11) is 0. The molecule has 1 aliphatic rings. The summed E-state index contributed by atoms with van der Waals surface area (Å²) < 4.78 is 0. The van der Waals surface area contributed by atoms with Crippen LogP contribution in [0.15, 0.2) is 12.1 Å². The standard InChI is InChI=1S/C15H23N3O/c1-4-6-12-9-11(10-13(17-12)16-5-2)14(19)18-15(3)7-8-15/h9-10H,4-8H2,1-3H3,(H,16,17)(H,18,19). The molecular formula is C15H23N3O. The van der Waals surface area contributed by atoms with Crippen molar-refractivity contribution >= 4 is 11.7 Å². The van der Waals surface area contributed by atoms with Crippen molar-refractivity contribution in [3.05, 3.63) is 23.4 Å². The van der Waals surface area contributed by atoms with Crippen molar-refractivity contribution in [3.63, 3.8) is 0 Å². The highest BCUT2D eigenvalue weighted by atomic mass is 16.1. The van der Waals surface area contributed by atoms with Gasteiger partial charge in [0.15, 0.2) is 0 Å². The number of carbonyl (C=O) groups is 1. The fourth-order valence-electron chi connectivity index (χ4n) is 2.03. The Morgan fingerprint density at radius 2 is 2.11 bits per heavy atom. The molecule has 1 aliphatic carbocycles. The Morgan fingerprint density at radius 3 is 2.68 bits per heavy atom. The van der Waals surface area contributed by atoms with Crippen LogP contribution in [0.5, 0.6) is 0 Å². The molecule has 0 saturated heterocycles. The van der Waals surface area contributed by atoms with Crippen LogP contribution in [0.2, 0.25) is 0 Å². The van der Waals surface area contributed by atoms with Crippen molar-refractivity contribution in [2.24, 2.45) is 0 Å². The molecule has 1 amide bonds. The van der Waals surface area contributed by atoms with Crippen molar-refractivity contribution in [2.45, 2.75) is 52.0 Å². The van der Waals surface area contributed by atoms with E-state index in [1.54, 1.807) is 0 Å². The third-order valence-corrected chi connectivity index (χ3v) is 3.42. The second-order valence-corrected chi connectivity index (χ2v) is 5.53. The lowest BCUT2D eigenvalue weighted by atomic mass is 10.1. The SMILES string of the molecule is CCCc1cc(C(=O)NC2(C)CC2)cc(NCC)n1. The number of carbonyl (C=O) groups excluding carboxylic acids is 1. The van der Waals surface area contributed by atoms with E-state index in [1.165, 1.54) is 0 Å². The predicted molar refractivity (Wildman–Crippen MR) is 77.5 cm³/mol. The van der Waals surface area contributed by atoms with Gasteiger partial charge in [-0.25, -0.2) is 4.98 Å². The zero-order chi connectivity index (χ0) is 13.9. The van der Waals surface area contributed by atoms with Gasteiger partial charge < -0.3 is 10.6 Å². The number of nitrogens with one attached hydrogen (secondary N) is 2. The Morgan fingerprint density at radius 1 is 1.37 bits per heavy atom. The monoisotopic (exact) mass is 261 g/mol. The molecule has 1 heterocycles. The van der Waals surface area contributed by atoms with Gasteiger partial charge in [0.1, 0.15) is 5.82 Å². The van der Waals surface area contributed by atoms with E-state index >= 15 is 0 Å². The lowest BCUT2D eigenvalue weighted by Gasteiger charge is -2.13. The molecule has 1 fully saturated rings. The van der Waals surface area contributed by atoms with Gasteiger partial charge in [-0.05, 0) is 45.2 Å². The maximum atomic E-state index is 12.2. The van der Waals surface area contributed by atoms with E-state index < -0.39 is 0 Å². The zero-order valence-electron chi connectivity index (χ0n) is 12.0. The number of anilines is 1. The highest BCUT2D eigenvalue weighted by Gasteiger charge is 2.38. The summed E-state index contributed by atoms with van der Waals surface area (Å²) in [5.41, 5.74) is 1.71. The van der Waals surface area contributed by atoms with Crippen molar-refractivity contribution in [1.29, 1.82) is 0 Å². The average Bonchev–Trinajstić information content (AvgIpc) is 3.07. The number of nitrogens with zero attached hydrogens (tertiary/aromatic N) is 1. The summed E-state index contributed by atoms with van der Waals surface area (Å²) in [6, 6.07) is 3.75. The van der Waals surface area contributed by atoms with Crippen LogP contribution in [-0.4, -0.2) is 23.0 Å². The summed E-state index contributed by atoms with van der Waals surface area (Å²) in [6.07, 6.45) is 4.08. The summed E-state index contributed by atoms with van der Waals surface area (Å²) in [5.74, 6) is 0.804. The van der Waals surface area contributed by atoms with Crippen LogP contribution in [0.25, 0.3) is 0 Å². The molecule has 0 spiro atoms. The predicted octanol–water partition coefficient (Wildman–Crippen LogP) is 2.75. The Kier molecular flexibility index (Phi) is 4.08. The molecule has 1 aromatic heterocycles. The number of amides is 1. The number of aryl methyl sites for hydroxylation is 1. The number of rotatable bonds is 6. The molecule has 104 valence electrons. The maximum Gasteiger partial charge on any atom is 0.251 e. The molecule has 2 rings (SSSR count). The molecule has 1 aromatic rings. The van der Waals surface area contributed by atoms with Gasteiger partial charge in [-0.3, -0.25) is 4.79 Å². The average molecular weight is 261 g/mol. The molecule has 0 bridgehead atoms. The van der Waals surface area contributed by atoms with Crippen LogP contribution >= 0.6 is 0 Å². The van der Waals surface area contributed by atoms with Crippen molar-refractivity contribution in [3.8, 4) is 0 Å². The van der Waals surface area contributed by atoms with Crippen LogP contribution < -0.4 is 10.6 Å². The summed E-state index contributed by atoms with van der Waals surface area (Å²) >= 11 is 0. The molecule has 19 heavy (non-hydrogen) atoms. The minimum atomic E-state index is 0.0129. The van der Waals surface area contributed by atoms with Crippen LogP contribution in [0.4, 0.5) is 5.82 Å². The van der Waals surface area contributed by atoms with Gasteiger partial charge >= 0.3 is 0 Å². The maximum absolute atomic E-state index is 12.2. The second kappa shape index (κ2) is 5.59. The quantitative estimate of drug-likeness (QED) is 0.828. The lowest BCUT2D eigenvalue weighted by molar-refractivity contribution is 0.0935. The molecule has 0 radical (unpaired) electrons. The fraction of sp³-hybridized carbons (Fsp3) is 0.600. The molecule has 0 aliphatic heterocycles. The van der Waals surface area contributed by atoms with E-state index in [-0.39, 0.29) is 11.4 Å². The molecule has 1 saturated carbocycles. The smallest absolute Gasteiger partial charge is 0.251 e. The van der Waals surface area contributed by atoms with Crippen LogP contribution in [-0.2, 0) is 6.42 Å². The molecule has 0 unspecified atom stereocenters. The van der Waals surface area contributed by atoms with E-state index in [0.717, 1.165) is 43.7 Å². The van der Waals surface area contributed by atoms with Crippen molar-refractivity contribution in [1.82, 2.24) is 10.3 Å². The Bertz CT molecular complexity index is 442. The van der Waals surface area contributed by atoms with Gasteiger partial charge in [0, 0.05) is 23.3 Å². The molecule has 4 nitrogen and oxygen atoms in total. The Hall–Kier alpha value is -1.58. The first kappa shape index (κ1) is 13.8. The first-order valence-electron chi connectivity index (χ1n) is 7.13. The van der Waals surface area contributed by atoms with E-state index in [0.29, 0.717) is 5.56 Å². The van der Waals surface area contributed by atoms with Crippen LogP contribution in [0, 0.1) is 0 Å². The first-order valence-corrected chi connectivity index (χ1v) is 7.13. The number of aromatic nitrogens is 1. The molecule has 4 heteroatoms. The van der Waals surface area contributed by atoms with E-state index in [4.69, 9.17) is 0 Å². The van der Waals surface area contributed by atoms with E-state index in [2.05, 4.69) is 29.5 Å². The topological polar surface area (TPSA) is 54.0 Å². The third kappa shape index (κ3) is 3.69. The fourth-order valence-corrected chi connectivity index (χ4v) is 2.03. The molecular weight excluding hydrogens is 238 g/mol. The van der Waals surface area contributed by atoms with Gasteiger partial charge in [0.2, 0.25) is 0 Å². The largest absolute Gasteiger partial charge is 0.370 e. The summed E-state index contributed by atoms with van der Waals surface area (Å²) in [4.78, 5) is 16.8. The first-order chi connectivity index (χ1) is 9.06. The zero-order valence-corrected chi connectivity index (χ0v) is 12.0. The van der Waals surface area contributed by atoms with Crippen LogP contribution in [0.1, 0.15) is 56.1 Å². The van der Waals surface area contributed by atoms with E-state index in [1.807, 2.05) is 19.1 Å². The van der Waals surface area contributed by atoms with Gasteiger partial charge in [0.25, 0.3) is 5.91 Å². The van der Waals surface area contributed by atoms with Crippen molar-refractivity contribution < 1.29 is 4.79 Å². The lowest BCUT2D eigenvalue weighted by Crippen LogP contribution is -2.34. The van der Waals surface area contributed by atoms with E-state index in [9.17, 15) is 4.79 Å². The highest BCUT2D eigenvalue weighted by Crippen LogP contribution is 2.34. The van der Waals surface area contributed by atoms with Gasteiger partial charge in [0.05, 0.1) is 0 Å². The molecule has 0 atom stereocenters. The second-order valence-electron chi connectivity index (χ2n) is 5.53. The van der Waals surface area contributed by atoms with Gasteiger partial charge in [-0.2, -0.15) is 0 Å². The number of hydrogen-bond donors (Lipinski definition) is 2. The van der Waals surface area contributed by atoms with Crippen molar-refractivity contribution in [2.75, 3.05) is 11.9 Å². The normalized spacial score (nSPS) is 15.9. The Labute approximate surface area is 115 Å². The number of pyridine rings is 1. The van der Waals surface area contributed by atoms with Gasteiger partial charge in [-0.1, -0.05) is 13.3 Å². The van der Waals surface area contributed by atoms with Crippen LogP contribution in [0.3, 0.4) is 0 Å². The Balaban J connectivity index is 2.19. The highest BCUT2D eigenvalue weighted by molar-refractivity contribution is 5.95. The minimum Gasteiger partial charge on any atom is -0.370 e. The summed E-state index contributed by atoms with van der Waals surface area (Å²) in [6.45, 7) is 7.04. The molecule has 2 N–H and O–H groups in total. The van der Waals surface area contributed by atoms with Gasteiger partial charge in [-0.15, -0.1) is 0 Å². The third-order valence-electron chi connectivity index (χ3n) is 3.42. The molecule has 0 aromatic carbocycles. The number of hydrogen-bond acceptors (Lipinski definition) is 3.